The molecule has 7 heteroatoms. The van der Waals surface area contributed by atoms with Crippen molar-refractivity contribution in [1.29, 1.82) is 0 Å². The van der Waals surface area contributed by atoms with E-state index in [-0.39, 0.29) is 0 Å². The van der Waals surface area contributed by atoms with Gasteiger partial charge in [0.05, 0.1) is 16.6 Å². The number of fused-ring (bicyclic) bond motifs is 5. The summed E-state index contributed by atoms with van der Waals surface area (Å²) in [5.41, 5.74) is 3.07. The van der Waals surface area contributed by atoms with Crippen molar-refractivity contribution in [3.05, 3.63) is 48.0 Å². The average molecular weight is 407 g/mol. The van der Waals surface area contributed by atoms with Gasteiger partial charge in [0.25, 0.3) is 0 Å². The molecule has 0 radical (unpaired) electrons. The average Bonchev–Trinajstić information content (AvgIpc) is 3.30. The molecule has 1 aliphatic heterocycles. The summed E-state index contributed by atoms with van der Waals surface area (Å²) in [4.78, 5) is 11.8. The molecule has 4 heterocycles. The third-order valence-electron chi connectivity index (χ3n) is 5.83. The maximum Gasteiger partial charge on any atom is 0.148 e. The number of imidazole rings is 1. The number of aliphatic hydroxyl groups is 1. The number of hydrogen-bond acceptors (Lipinski definition) is 5. The van der Waals surface area contributed by atoms with Gasteiger partial charge in [-0.1, -0.05) is 12.1 Å². The summed E-state index contributed by atoms with van der Waals surface area (Å²) in [6.07, 6.45) is -0.0692. The van der Waals surface area contributed by atoms with Gasteiger partial charge in [0.1, 0.15) is 23.3 Å². The molecular weight excluding hydrogens is 381 g/mol. The van der Waals surface area contributed by atoms with Crippen LogP contribution in [0, 0.1) is 0 Å². The van der Waals surface area contributed by atoms with E-state index in [0.717, 1.165) is 46.5 Å². The van der Waals surface area contributed by atoms with Gasteiger partial charge < -0.3 is 10.4 Å². The van der Waals surface area contributed by atoms with Crippen LogP contribution in [0.2, 0.25) is 0 Å². The SMILES string of the molecule is CC(C)(O)c1cc2ccc(NCCN3CC[C@H](F)C3)nc2n2c1nc1ccccc12. The molecule has 3 aromatic heterocycles. The highest BCUT2D eigenvalue weighted by atomic mass is 19.1. The molecule has 1 saturated heterocycles. The van der Waals surface area contributed by atoms with Crippen LogP contribution in [0.15, 0.2) is 42.5 Å². The van der Waals surface area contributed by atoms with Crippen molar-refractivity contribution in [3.8, 4) is 0 Å². The molecule has 1 fully saturated rings. The number of nitrogens with one attached hydrogen (secondary N) is 1. The molecule has 5 rings (SSSR count). The molecule has 0 bridgehead atoms. The second kappa shape index (κ2) is 7.18. The normalized spacial score (nSPS) is 18.1. The minimum atomic E-state index is -1.03. The number of alkyl halides is 1. The molecule has 0 amide bonds. The molecule has 1 aliphatic rings. The summed E-state index contributed by atoms with van der Waals surface area (Å²) in [7, 11) is 0. The fraction of sp³-hybridized carbons (Fsp3) is 0.391. The van der Waals surface area contributed by atoms with Crippen molar-refractivity contribution in [2.75, 3.05) is 31.5 Å². The van der Waals surface area contributed by atoms with Crippen LogP contribution in [0.1, 0.15) is 25.8 Å². The maximum atomic E-state index is 13.4. The van der Waals surface area contributed by atoms with Gasteiger partial charge in [-0.05, 0) is 50.6 Å². The van der Waals surface area contributed by atoms with E-state index in [1.54, 1.807) is 13.8 Å². The van der Waals surface area contributed by atoms with Crippen molar-refractivity contribution < 1.29 is 9.50 Å². The van der Waals surface area contributed by atoms with Crippen molar-refractivity contribution in [2.45, 2.75) is 32.0 Å². The quantitative estimate of drug-likeness (QED) is 0.528. The number of aromatic nitrogens is 3. The van der Waals surface area contributed by atoms with Crippen LogP contribution < -0.4 is 5.32 Å². The molecule has 0 saturated carbocycles. The Morgan fingerprint density at radius 3 is 2.77 bits per heavy atom. The molecule has 30 heavy (non-hydrogen) atoms. The van der Waals surface area contributed by atoms with Gasteiger partial charge in [-0.3, -0.25) is 9.30 Å². The lowest BCUT2D eigenvalue weighted by Gasteiger charge is -2.20. The van der Waals surface area contributed by atoms with Crippen LogP contribution in [0.4, 0.5) is 10.2 Å². The Labute approximate surface area is 174 Å². The van der Waals surface area contributed by atoms with Crippen molar-refractivity contribution >= 4 is 33.5 Å². The molecule has 6 nitrogen and oxygen atoms in total. The van der Waals surface area contributed by atoms with Crippen LogP contribution >= 0.6 is 0 Å². The fourth-order valence-electron chi connectivity index (χ4n) is 4.27. The lowest BCUT2D eigenvalue weighted by atomic mass is 9.98. The molecule has 4 aromatic rings. The largest absolute Gasteiger partial charge is 0.386 e. The van der Waals surface area contributed by atoms with Crippen LogP contribution in [-0.2, 0) is 5.60 Å². The van der Waals surface area contributed by atoms with E-state index >= 15 is 0 Å². The molecular formula is C23H26FN5O. The van der Waals surface area contributed by atoms with Gasteiger partial charge >= 0.3 is 0 Å². The van der Waals surface area contributed by atoms with E-state index in [9.17, 15) is 9.50 Å². The van der Waals surface area contributed by atoms with E-state index in [0.29, 0.717) is 25.2 Å². The number of para-hydroxylation sites is 2. The van der Waals surface area contributed by atoms with Gasteiger partial charge in [0.2, 0.25) is 0 Å². The predicted octanol–water partition coefficient (Wildman–Crippen LogP) is 3.72. The first-order valence-corrected chi connectivity index (χ1v) is 10.4. The Kier molecular flexibility index (Phi) is 4.60. The summed E-state index contributed by atoms with van der Waals surface area (Å²) < 4.78 is 15.4. The molecule has 156 valence electrons. The lowest BCUT2D eigenvalue weighted by molar-refractivity contribution is 0.0798. The summed E-state index contributed by atoms with van der Waals surface area (Å²) in [5, 5.41) is 15.1. The zero-order chi connectivity index (χ0) is 20.9. The highest BCUT2D eigenvalue weighted by Gasteiger charge is 2.24. The zero-order valence-corrected chi connectivity index (χ0v) is 17.3. The van der Waals surface area contributed by atoms with Crippen molar-refractivity contribution in [2.24, 2.45) is 0 Å². The number of halogens is 1. The van der Waals surface area contributed by atoms with E-state index < -0.39 is 11.8 Å². The summed E-state index contributed by atoms with van der Waals surface area (Å²) in [5.74, 6) is 0.772. The second-order valence-electron chi connectivity index (χ2n) is 8.60. The fourth-order valence-corrected chi connectivity index (χ4v) is 4.27. The highest BCUT2D eigenvalue weighted by molar-refractivity contribution is 5.91. The second-order valence-corrected chi connectivity index (χ2v) is 8.60. The predicted molar refractivity (Wildman–Crippen MR) is 118 cm³/mol. The van der Waals surface area contributed by atoms with Gasteiger partial charge in [0, 0.05) is 37.1 Å². The minimum Gasteiger partial charge on any atom is -0.386 e. The first kappa shape index (κ1) is 19.2. The minimum absolute atomic E-state index is 0.522. The van der Waals surface area contributed by atoms with Gasteiger partial charge in [-0.15, -0.1) is 0 Å². The van der Waals surface area contributed by atoms with Crippen LogP contribution in [-0.4, -0.2) is 56.7 Å². The third-order valence-corrected chi connectivity index (χ3v) is 5.83. The number of hydrogen-bond donors (Lipinski definition) is 2. The smallest absolute Gasteiger partial charge is 0.148 e. The van der Waals surface area contributed by atoms with Gasteiger partial charge in [-0.2, -0.15) is 0 Å². The van der Waals surface area contributed by atoms with Gasteiger partial charge in [-0.25, -0.2) is 14.4 Å². The Hall–Kier alpha value is -2.77. The monoisotopic (exact) mass is 407 g/mol. The topological polar surface area (TPSA) is 65.7 Å². The molecule has 0 unspecified atom stereocenters. The molecule has 1 aromatic carbocycles. The molecule has 1 atom stereocenters. The standard InChI is InChI=1S/C23H26FN5O/c1-23(2,30)17-13-15-7-8-20(25-10-12-28-11-9-16(24)14-28)27-21(15)29-19-6-4-3-5-18(19)26-22(17)29/h3-8,13,16,30H,9-12,14H2,1-2H3,(H,25,27)/t16-/m0/s1. The highest BCUT2D eigenvalue weighted by Crippen LogP contribution is 2.31. The number of rotatable bonds is 5. The zero-order valence-electron chi connectivity index (χ0n) is 17.3. The van der Waals surface area contributed by atoms with Gasteiger partial charge in [0.15, 0.2) is 0 Å². The van der Waals surface area contributed by atoms with E-state index in [1.807, 2.05) is 46.9 Å². The maximum absolute atomic E-state index is 13.4. The molecule has 0 spiro atoms. The van der Waals surface area contributed by atoms with Crippen LogP contribution in [0.3, 0.4) is 0 Å². The third kappa shape index (κ3) is 3.38. The number of pyridine rings is 2. The van der Waals surface area contributed by atoms with Crippen LogP contribution in [0.5, 0.6) is 0 Å². The molecule has 0 aliphatic carbocycles. The Morgan fingerprint density at radius 2 is 2.00 bits per heavy atom. The summed E-state index contributed by atoms with van der Waals surface area (Å²) >= 11 is 0. The first-order valence-electron chi connectivity index (χ1n) is 10.4. The number of benzene rings is 1. The first-order chi connectivity index (χ1) is 14.4. The van der Waals surface area contributed by atoms with E-state index in [4.69, 9.17) is 9.97 Å². The van der Waals surface area contributed by atoms with Crippen LogP contribution in [0.25, 0.3) is 27.7 Å². The van der Waals surface area contributed by atoms with E-state index in [2.05, 4.69) is 10.2 Å². The van der Waals surface area contributed by atoms with E-state index in [1.165, 1.54) is 0 Å². The molecule has 2 N–H and O–H groups in total. The number of likely N-dealkylation sites (tertiary alicyclic amines) is 1. The Bertz CT molecular complexity index is 1230. The number of anilines is 1. The summed E-state index contributed by atoms with van der Waals surface area (Å²) in [6.45, 7) is 6.39. The lowest BCUT2D eigenvalue weighted by Crippen LogP contribution is -2.27. The summed E-state index contributed by atoms with van der Waals surface area (Å²) in [6, 6.07) is 13.9. The van der Waals surface area contributed by atoms with Crippen molar-refractivity contribution in [3.63, 3.8) is 0 Å². The number of nitrogens with zero attached hydrogens (tertiary/aromatic N) is 4. The Balaban J connectivity index is 1.56. The Morgan fingerprint density at radius 1 is 1.17 bits per heavy atom. The van der Waals surface area contributed by atoms with Crippen molar-refractivity contribution in [1.82, 2.24) is 19.3 Å².